The number of amides is 1. The van der Waals surface area contributed by atoms with Gasteiger partial charge in [-0.3, -0.25) is 9.79 Å². The topological polar surface area (TPSA) is 41.5 Å². The first-order valence-corrected chi connectivity index (χ1v) is 4.84. The van der Waals surface area contributed by atoms with E-state index in [0.717, 1.165) is 18.7 Å². The monoisotopic (exact) mass is 182 g/mol. The van der Waals surface area contributed by atoms with Gasteiger partial charge in [0.25, 0.3) is 0 Å². The van der Waals surface area contributed by atoms with Gasteiger partial charge in [-0.1, -0.05) is 34.1 Å². The molecule has 0 aromatic carbocycles. The second kappa shape index (κ2) is 3.48. The average molecular weight is 182 g/mol. The Morgan fingerprint density at radius 2 is 2.08 bits per heavy atom. The van der Waals surface area contributed by atoms with Crippen molar-refractivity contribution in [2.75, 3.05) is 0 Å². The van der Waals surface area contributed by atoms with E-state index in [9.17, 15) is 4.79 Å². The van der Waals surface area contributed by atoms with Crippen LogP contribution in [0.15, 0.2) is 4.99 Å². The van der Waals surface area contributed by atoms with Gasteiger partial charge in [0.15, 0.2) is 0 Å². The third kappa shape index (κ3) is 2.29. The third-order valence-electron chi connectivity index (χ3n) is 2.10. The van der Waals surface area contributed by atoms with E-state index in [4.69, 9.17) is 0 Å². The molecule has 74 valence electrons. The number of rotatable bonds is 2. The SMILES string of the molecule is CCCC1N=C(C(C)(C)C)NC1=O. The molecule has 1 amide bonds. The van der Waals surface area contributed by atoms with Crippen molar-refractivity contribution in [1.29, 1.82) is 0 Å². The molecule has 0 bridgehead atoms. The Morgan fingerprint density at radius 1 is 1.46 bits per heavy atom. The van der Waals surface area contributed by atoms with Crippen LogP contribution in [-0.4, -0.2) is 17.8 Å². The van der Waals surface area contributed by atoms with Crippen molar-refractivity contribution >= 4 is 11.7 Å². The zero-order valence-electron chi connectivity index (χ0n) is 8.85. The normalized spacial score (nSPS) is 22.9. The zero-order valence-corrected chi connectivity index (χ0v) is 8.85. The van der Waals surface area contributed by atoms with Crippen molar-refractivity contribution in [2.24, 2.45) is 10.4 Å². The minimum Gasteiger partial charge on any atom is -0.312 e. The van der Waals surface area contributed by atoms with Crippen LogP contribution in [0.2, 0.25) is 0 Å². The first-order valence-electron chi connectivity index (χ1n) is 4.84. The summed E-state index contributed by atoms with van der Waals surface area (Å²) >= 11 is 0. The fourth-order valence-corrected chi connectivity index (χ4v) is 1.30. The quantitative estimate of drug-likeness (QED) is 0.694. The van der Waals surface area contributed by atoms with E-state index in [1.165, 1.54) is 0 Å². The van der Waals surface area contributed by atoms with Gasteiger partial charge in [0.05, 0.1) is 0 Å². The highest BCUT2D eigenvalue weighted by molar-refractivity contribution is 6.07. The van der Waals surface area contributed by atoms with Crippen LogP contribution in [0.3, 0.4) is 0 Å². The van der Waals surface area contributed by atoms with Crippen LogP contribution < -0.4 is 5.32 Å². The van der Waals surface area contributed by atoms with E-state index >= 15 is 0 Å². The molecule has 0 fully saturated rings. The minimum atomic E-state index is -0.140. The van der Waals surface area contributed by atoms with E-state index in [1.807, 2.05) is 0 Å². The molecular weight excluding hydrogens is 164 g/mol. The lowest BCUT2D eigenvalue weighted by Gasteiger charge is -2.17. The van der Waals surface area contributed by atoms with Gasteiger partial charge >= 0.3 is 0 Å². The Morgan fingerprint density at radius 3 is 2.46 bits per heavy atom. The molecule has 3 heteroatoms. The fraction of sp³-hybridized carbons (Fsp3) is 0.800. The molecule has 1 unspecified atom stereocenters. The summed E-state index contributed by atoms with van der Waals surface area (Å²) < 4.78 is 0. The molecule has 3 nitrogen and oxygen atoms in total. The Balaban J connectivity index is 2.72. The molecule has 1 atom stereocenters. The maximum atomic E-state index is 11.4. The second-order valence-corrected chi connectivity index (χ2v) is 4.52. The lowest BCUT2D eigenvalue weighted by molar-refractivity contribution is -0.120. The summed E-state index contributed by atoms with van der Waals surface area (Å²) in [4.78, 5) is 15.8. The summed E-state index contributed by atoms with van der Waals surface area (Å²) in [6.07, 6.45) is 1.85. The summed E-state index contributed by atoms with van der Waals surface area (Å²) in [6.45, 7) is 8.24. The molecule has 0 aromatic heterocycles. The van der Waals surface area contributed by atoms with Gasteiger partial charge in [0, 0.05) is 5.41 Å². The van der Waals surface area contributed by atoms with Crippen molar-refractivity contribution in [3.8, 4) is 0 Å². The predicted molar refractivity (Wildman–Crippen MR) is 53.7 cm³/mol. The molecule has 0 saturated heterocycles. The number of carbonyl (C=O) groups is 1. The molecule has 1 aliphatic rings. The van der Waals surface area contributed by atoms with Crippen molar-refractivity contribution in [2.45, 2.75) is 46.6 Å². The van der Waals surface area contributed by atoms with Gasteiger partial charge in [-0.05, 0) is 6.42 Å². The summed E-state index contributed by atoms with van der Waals surface area (Å²) in [5.74, 6) is 0.891. The number of aliphatic imine (C=N–C) groups is 1. The highest BCUT2D eigenvalue weighted by Gasteiger charge is 2.31. The Hall–Kier alpha value is -0.860. The lowest BCUT2D eigenvalue weighted by atomic mass is 9.95. The van der Waals surface area contributed by atoms with Gasteiger partial charge in [-0.2, -0.15) is 0 Å². The minimum absolute atomic E-state index is 0.0435. The predicted octanol–water partition coefficient (Wildman–Crippen LogP) is 1.73. The first-order chi connectivity index (χ1) is 5.95. The summed E-state index contributed by atoms with van der Waals surface area (Å²) in [5, 5.41) is 2.84. The van der Waals surface area contributed by atoms with Crippen molar-refractivity contribution in [3.05, 3.63) is 0 Å². The number of hydrogen-bond donors (Lipinski definition) is 1. The van der Waals surface area contributed by atoms with Crippen molar-refractivity contribution < 1.29 is 4.79 Å². The van der Waals surface area contributed by atoms with Crippen LogP contribution in [0, 0.1) is 5.41 Å². The number of carbonyl (C=O) groups excluding carboxylic acids is 1. The smallest absolute Gasteiger partial charge is 0.250 e. The zero-order chi connectivity index (χ0) is 10.1. The second-order valence-electron chi connectivity index (χ2n) is 4.52. The fourth-order valence-electron chi connectivity index (χ4n) is 1.30. The molecule has 0 aromatic rings. The summed E-state index contributed by atoms with van der Waals surface area (Å²) in [7, 11) is 0. The van der Waals surface area contributed by atoms with E-state index in [-0.39, 0.29) is 17.4 Å². The van der Waals surface area contributed by atoms with E-state index in [0.29, 0.717) is 0 Å². The van der Waals surface area contributed by atoms with Crippen LogP contribution in [0.5, 0.6) is 0 Å². The number of nitrogens with one attached hydrogen (secondary N) is 1. The molecule has 0 radical (unpaired) electrons. The van der Waals surface area contributed by atoms with E-state index in [2.05, 4.69) is 38.0 Å². The molecule has 1 heterocycles. The highest BCUT2D eigenvalue weighted by Crippen LogP contribution is 2.20. The maximum Gasteiger partial charge on any atom is 0.250 e. The first kappa shape index (κ1) is 10.2. The van der Waals surface area contributed by atoms with Gasteiger partial charge in [0.2, 0.25) is 5.91 Å². The van der Waals surface area contributed by atoms with Gasteiger partial charge < -0.3 is 5.32 Å². The van der Waals surface area contributed by atoms with Crippen LogP contribution in [0.4, 0.5) is 0 Å². The Labute approximate surface area is 79.6 Å². The van der Waals surface area contributed by atoms with Gasteiger partial charge in [-0.15, -0.1) is 0 Å². The molecule has 1 N–H and O–H groups in total. The molecule has 0 spiro atoms. The Kier molecular flexibility index (Phi) is 2.74. The van der Waals surface area contributed by atoms with Gasteiger partial charge in [-0.25, -0.2) is 0 Å². The van der Waals surface area contributed by atoms with Gasteiger partial charge in [0.1, 0.15) is 11.9 Å². The average Bonchev–Trinajstić information content (AvgIpc) is 2.32. The molecule has 13 heavy (non-hydrogen) atoms. The summed E-state index contributed by atoms with van der Waals surface area (Å²) in [5.41, 5.74) is -0.0435. The van der Waals surface area contributed by atoms with Crippen LogP contribution in [0.25, 0.3) is 0 Å². The lowest BCUT2D eigenvalue weighted by Crippen LogP contribution is -2.35. The van der Waals surface area contributed by atoms with E-state index in [1.54, 1.807) is 0 Å². The highest BCUT2D eigenvalue weighted by atomic mass is 16.2. The number of hydrogen-bond acceptors (Lipinski definition) is 2. The number of amidine groups is 1. The number of nitrogens with zero attached hydrogens (tertiary/aromatic N) is 1. The van der Waals surface area contributed by atoms with Crippen LogP contribution >= 0.6 is 0 Å². The Bertz CT molecular complexity index is 238. The van der Waals surface area contributed by atoms with E-state index < -0.39 is 0 Å². The molecular formula is C10H18N2O. The van der Waals surface area contributed by atoms with Crippen molar-refractivity contribution in [3.63, 3.8) is 0 Å². The molecule has 0 saturated carbocycles. The van der Waals surface area contributed by atoms with Crippen molar-refractivity contribution in [1.82, 2.24) is 5.32 Å². The van der Waals surface area contributed by atoms with Crippen LogP contribution in [0.1, 0.15) is 40.5 Å². The largest absolute Gasteiger partial charge is 0.312 e. The maximum absolute atomic E-state index is 11.4. The standard InChI is InChI=1S/C10H18N2O/c1-5-6-7-8(13)12-9(11-7)10(2,3)4/h7H,5-6H2,1-4H3,(H,11,12,13). The molecule has 0 aliphatic carbocycles. The third-order valence-corrected chi connectivity index (χ3v) is 2.10. The molecule has 1 rings (SSSR count). The molecule has 1 aliphatic heterocycles. The summed E-state index contributed by atoms with van der Waals surface area (Å²) in [6, 6.07) is -0.140. The van der Waals surface area contributed by atoms with Crippen LogP contribution in [-0.2, 0) is 4.79 Å².